The van der Waals surface area contributed by atoms with E-state index in [1.807, 2.05) is 0 Å². The molecule has 196 valence electrons. The van der Waals surface area contributed by atoms with Gasteiger partial charge in [-0.25, -0.2) is 13.2 Å². The van der Waals surface area contributed by atoms with Crippen molar-refractivity contribution < 1.29 is 22.3 Å². The molecule has 2 aromatic rings. The van der Waals surface area contributed by atoms with Gasteiger partial charge in [0.15, 0.2) is 11.6 Å². The molecule has 36 heavy (non-hydrogen) atoms. The number of ether oxygens (including phenoxy) is 1. The van der Waals surface area contributed by atoms with Gasteiger partial charge in [-0.05, 0) is 118 Å². The van der Waals surface area contributed by atoms with Crippen molar-refractivity contribution in [2.45, 2.75) is 78.1 Å². The van der Waals surface area contributed by atoms with Gasteiger partial charge in [0.2, 0.25) is 5.82 Å². The molecule has 0 bridgehead atoms. The van der Waals surface area contributed by atoms with Gasteiger partial charge in [0.05, 0.1) is 12.4 Å². The van der Waals surface area contributed by atoms with Crippen LogP contribution < -0.4 is 4.74 Å². The Labute approximate surface area is 212 Å². The fourth-order valence-corrected chi connectivity index (χ4v) is 6.36. The van der Waals surface area contributed by atoms with E-state index in [4.69, 9.17) is 4.74 Å². The largest absolute Gasteiger partial charge is 0.491 e. The lowest BCUT2D eigenvalue weighted by Gasteiger charge is -2.37. The molecule has 2 aliphatic carbocycles. The van der Waals surface area contributed by atoms with E-state index in [1.54, 1.807) is 25.1 Å². The second kappa shape index (κ2) is 12.3. The summed E-state index contributed by atoms with van der Waals surface area (Å²) in [7, 11) is 0. The number of hydrogen-bond donors (Lipinski definition) is 0. The summed E-state index contributed by atoms with van der Waals surface area (Å²) in [6.07, 6.45) is 12.9. The number of rotatable bonds is 8. The molecule has 0 amide bonds. The standard InChI is InChI=1S/C31H38F4O/c1-3-36-29-17-16-27(30(34)31(29)35)26-15-14-25(28(33)19-26)13-6-21-4-9-23(10-5-21)24-11-7-22(8-12-24)18-20(2)32/h14-19,21-24H,3-13H2,1-2H3. The summed E-state index contributed by atoms with van der Waals surface area (Å²) in [5, 5.41) is 0. The smallest absolute Gasteiger partial charge is 0.201 e. The molecular weight excluding hydrogens is 464 g/mol. The van der Waals surface area contributed by atoms with Crippen LogP contribution in [0.4, 0.5) is 17.6 Å². The zero-order chi connectivity index (χ0) is 25.7. The molecule has 0 radical (unpaired) electrons. The van der Waals surface area contributed by atoms with Crippen LogP contribution >= 0.6 is 0 Å². The zero-order valence-corrected chi connectivity index (χ0v) is 21.5. The third-order valence-corrected chi connectivity index (χ3v) is 8.37. The van der Waals surface area contributed by atoms with Crippen molar-refractivity contribution in [2.75, 3.05) is 6.61 Å². The molecule has 1 nitrogen and oxygen atoms in total. The van der Waals surface area contributed by atoms with Gasteiger partial charge in [0.25, 0.3) is 0 Å². The Morgan fingerprint density at radius 1 is 0.889 bits per heavy atom. The minimum atomic E-state index is -1.05. The molecular formula is C31H38F4O. The van der Waals surface area contributed by atoms with Gasteiger partial charge in [0.1, 0.15) is 5.82 Å². The van der Waals surface area contributed by atoms with E-state index >= 15 is 0 Å². The fraction of sp³-hybridized carbons (Fsp3) is 0.548. The van der Waals surface area contributed by atoms with Crippen LogP contribution in [0.3, 0.4) is 0 Å². The molecule has 2 aliphatic rings. The second-order valence-electron chi connectivity index (χ2n) is 10.7. The van der Waals surface area contributed by atoms with Crippen molar-refractivity contribution in [2.24, 2.45) is 23.7 Å². The van der Waals surface area contributed by atoms with Gasteiger partial charge in [-0.15, -0.1) is 0 Å². The molecule has 0 aliphatic heterocycles. The van der Waals surface area contributed by atoms with Gasteiger partial charge in [0, 0.05) is 5.56 Å². The highest BCUT2D eigenvalue weighted by Crippen LogP contribution is 2.42. The predicted octanol–water partition coefficient (Wildman–Crippen LogP) is 9.59. The van der Waals surface area contributed by atoms with Gasteiger partial charge >= 0.3 is 0 Å². The lowest BCUT2D eigenvalue weighted by molar-refractivity contribution is 0.152. The lowest BCUT2D eigenvalue weighted by Crippen LogP contribution is -2.25. The maximum atomic E-state index is 14.9. The Morgan fingerprint density at radius 2 is 1.56 bits per heavy atom. The summed E-state index contributed by atoms with van der Waals surface area (Å²) in [4.78, 5) is 0. The zero-order valence-electron chi connectivity index (χ0n) is 21.5. The molecule has 0 heterocycles. The van der Waals surface area contributed by atoms with E-state index < -0.39 is 11.6 Å². The monoisotopic (exact) mass is 502 g/mol. The molecule has 2 fully saturated rings. The summed E-state index contributed by atoms with van der Waals surface area (Å²) in [6, 6.07) is 7.49. The first-order valence-electron chi connectivity index (χ1n) is 13.6. The Balaban J connectivity index is 1.28. The lowest BCUT2D eigenvalue weighted by atomic mass is 9.68. The first-order chi connectivity index (χ1) is 17.4. The summed E-state index contributed by atoms with van der Waals surface area (Å²) in [5.41, 5.74) is 0.981. The maximum Gasteiger partial charge on any atom is 0.201 e. The molecule has 4 rings (SSSR count). The minimum Gasteiger partial charge on any atom is -0.491 e. The van der Waals surface area contributed by atoms with Crippen LogP contribution in [0.15, 0.2) is 42.2 Å². The number of hydrogen-bond acceptors (Lipinski definition) is 1. The number of benzene rings is 2. The SMILES string of the molecule is CCOc1ccc(-c2ccc(CCC3CCC(C4CCC(C=C(C)F)CC4)CC3)c(F)c2)c(F)c1F. The normalized spacial score (nSPS) is 25.1. The average molecular weight is 503 g/mol. The van der Waals surface area contributed by atoms with Crippen molar-refractivity contribution in [3.05, 3.63) is 65.2 Å². The molecule has 0 saturated heterocycles. The Kier molecular flexibility index (Phi) is 9.14. The maximum absolute atomic E-state index is 14.9. The topological polar surface area (TPSA) is 9.23 Å². The van der Waals surface area contributed by atoms with Crippen molar-refractivity contribution >= 4 is 0 Å². The van der Waals surface area contributed by atoms with Crippen molar-refractivity contribution in [1.82, 2.24) is 0 Å². The highest BCUT2D eigenvalue weighted by Gasteiger charge is 2.30. The van der Waals surface area contributed by atoms with Crippen molar-refractivity contribution in [3.8, 4) is 16.9 Å². The molecule has 0 atom stereocenters. The Morgan fingerprint density at radius 3 is 2.17 bits per heavy atom. The van der Waals surface area contributed by atoms with E-state index in [0.717, 1.165) is 31.1 Å². The number of halogens is 4. The summed E-state index contributed by atoms with van der Waals surface area (Å²) < 4.78 is 61.9. The van der Waals surface area contributed by atoms with Crippen LogP contribution in [0.5, 0.6) is 5.75 Å². The van der Waals surface area contributed by atoms with Crippen LogP contribution in [0.1, 0.15) is 77.2 Å². The molecule has 0 aromatic heterocycles. The highest BCUT2D eigenvalue weighted by atomic mass is 19.2. The predicted molar refractivity (Wildman–Crippen MR) is 137 cm³/mol. The minimum absolute atomic E-state index is 0.0320. The average Bonchev–Trinajstić information content (AvgIpc) is 2.87. The quantitative estimate of drug-likeness (QED) is 0.327. The summed E-state index contributed by atoms with van der Waals surface area (Å²) in [6.45, 7) is 3.48. The first-order valence-corrected chi connectivity index (χ1v) is 13.6. The van der Waals surface area contributed by atoms with E-state index in [9.17, 15) is 17.6 Å². The number of allylic oxidation sites excluding steroid dienone is 2. The molecule has 0 unspecified atom stereocenters. The van der Waals surface area contributed by atoms with E-state index in [1.165, 1.54) is 63.6 Å². The fourth-order valence-electron chi connectivity index (χ4n) is 6.36. The number of aryl methyl sites for hydroxylation is 1. The van der Waals surface area contributed by atoms with Crippen molar-refractivity contribution in [1.29, 1.82) is 0 Å². The van der Waals surface area contributed by atoms with E-state index in [-0.39, 0.29) is 29.6 Å². The Bertz CT molecular complexity index is 1040. The molecule has 2 aromatic carbocycles. The van der Waals surface area contributed by atoms with Gasteiger partial charge in [-0.2, -0.15) is 4.39 Å². The second-order valence-corrected chi connectivity index (χ2v) is 10.7. The summed E-state index contributed by atoms with van der Waals surface area (Å²) in [5.74, 6) is -0.0676. The van der Waals surface area contributed by atoms with E-state index in [2.05, 4.69) is 0 Å². The molecule has 0 spiro atoms. The van der Waals surface area contributed by atoms with Crippen molar-refractivity contribution in [3.63, 3.8) is 0 Å². The molecule has 0 N–H and O–H groups in total. The van der Waals surface area contributed by atoms with Crippen LogP contribution in [-0.2, 0) is 6.42 Å². The van der Waals surface area contributed by atoms with Crippen LogP contribution in [0, 0.1) is 41.1 Å². The van der Waals surface area contributed by atoms with Gasteiger partial charge in [-0.1, -0.05) is 31.1 Å². The highest BCUT2D eigenvalue weighted by molar-refractivity contribution is 5.65. The summed E-state index contributed by atoms with van der Waals surface area (Å²) >= 11 is 0. The van der Waals surface area contributed by atoms with Gasteiger partial charge in [-0.3, -0.25) is 0 Å². The molecule has 2 saturated carbocycles. The van der Waals surface area contributed by atoms with E-state index in [0.29, 0.717) is 29.4 Å². The first kappa shape index (κ1) is 26.8. The van der Waals surface area contributed by atoms with Crippen LogP contribution in [0.2, 0.25) is 0 Å². The third-order valence-electron chi connectivity index (χ3n) is 8.37. The van der Waals surface area contributed by atoms with Gasteiger partial charge < -0.3 is 4.74 Å². The van der Waals surface area contributed by atoms with Crippen LogP contribution in [0.25, 0.3) is 11.1 Å². The Hall–Kier alpha value is -2.30. The third kappa shape index (κ3) is 6.52. The molecule has 5 heteroatoms. The van der Waals surface area contributed by atoms with Crippen LogP contribution in [-0.4, -0.2) is 6.61 Å².